The summed E-state index contributed by atoms with van der Waals surface area (Å²) in [5.74, 6) is -1.06. The van der Waals surface area contributed by atoms with Crippen LogP contribution in [0.5, 0.6) is 5.75 Å². The van der Waals surface area contributed by atoms with Crippen LogP contribution in [0.4, 0.5) is 0 Å². The number of carbonyl (C=O) groups is 2. The number of carboxylic acid groups (broad SMARTS) is 1. The number of hydrogen-bond acceptors (Lipinski definition) is 3. The summed E-state index contributed by atoms with van der Waals surface area (Å²) in [6.07, 6.45) is 1.22. The molecule has 2 unspecified atom stereocenters. The highest BCUT2D eigenvalue weighted by Gasteiger charge is 2.22. The van der Waals surface area contributed by atoms with Gasteiger partial charge in [0.25, 0.3) is 5.91 Å². The third-order valence-corrected chi connectivity index (χ3v) is 3.44. The zero-order chi connectivity index (χ0) is 16.5. The van der Waals surface area contributed by atoms with E-state index < -0.39 is 18.0 Å². The predicted octanol–water partition coefficient (Wildman–Crippen LogP) is 2.77. The molecule has 2 N–H and O–H groups in total. The molecule has 2 atom stereocenters. The van der Waals surface area contributed by atoms with Crippen LogP contribution in [-0.2, 0) is 9.59 Å². The summed E-state index contributed by atoms with van der Waals surface area (Å²) in [7, 11) is 0. The monoisotopic (exact) mass is 307 g/mol. The van der Waals surface area contributed by atoms with Gasteiger partial charge in [-0.25, -0.2) is 0 Å². The third-order valence-electron chi connectivity index (χ3n) is 3.44. The standard InChI is InChI=1S/C17H25NO4/c1-4-7-13(17(20)21)11-18-16(19)15(5-2)22-14-9-6-8-12(3)10-14/h6,8-10,13,15H,4-5,7,11H2,1-3H3,(H,18,19)(H,20,21). The lowest BCUT2D eigenvalue weighted by atomic mass is 10.0. The van der Waals surface area contributed by atoms with Crippen molar-refractivity contribution in [2.24, 2.45) is 5.92 Å². The van der Waals surface area contributed by atoms with Crippen molar-refractivity contribution in [3.8, 4) is 5.75 Å². The van der Waals surface area contributed by atoms with E-state index >= 15 is 0 Å². The first-order valence-electron chi connectivity index (χ1n) is 7.71. The minimum Gasteiger partial charge on any atom is -0.481 e. The Balaban J connectivity index is 2.59. The number of rotatable bonds is 9. The van der Waals surface area contributed by atoms with Crippen LogP contribution in [-0.4, -0.2) is 29.6 Å². The zero-order valence-corrected chi connectivity index (χ0v) is 13.5. The van der Waals surface area contributed by atoms with E-state index in [1.165, 1.54) is 0 Å². The van der Waals surface area contributed by atoms with Gasteiger partial charge in [0.1, 0.15) is 5.75 Å². The average Bonchev–Trinajstić information content (AvgIpc) is 2.48. The van der Waals surface area contributed by atoms with E-state index in [9.17, 15) is 9.59 Å². The van der Waals surface area contributed by atoms with E-state index in [-0.39, 0.29) is 12.5 Å². The molecule has 0 radical (unpaired) electrons. The lowest BCUT2D eigenvalue weighted by Crippen LogP contribution is -2.41. The second kappa shape index (κ2) is 9.07. The maximum atomic E-state index is 12.2. The van der Waals surface area contributed by atoms with Crippen LogP contribution in [0.2, 0.25) is 0 Å². The van der Waals surface area contributed by atoms with Crippen molar-refractivity contribution in [2.45, 2.75) is 46.1 Å². The second-order valence-electron chi connectivity index (χ2n) is 5.40. The predicted molar refractivity (Wildman–Crippen MR) is 84.9 cm³/mol. The Hall–Kier alpha value is -2.04. The van der Waals surface area contributed by atoms with Crippen molar-refractivity contribution in [3.63, 3.8) is 0 Å². The molecule has 0 saturated heterocycles. The molecule has 0 fully saturated rings. The van der Waals surface area contributed by atoms with Crippen molar-refractivity contribution in [3.05, 3.63) is 29.8 Å². The van der Waals surface area contributed by atoms with Gasteiger partial charge in [-0.2, -0.15) is 0 Å². The van der Waals surface area contributed by atoms with Crippen molar-refractivity contribution >= 4 is 11.9 Å². The third kappa shape index (κ3) is 5.76. The van der Waals surface area contributed by atoms with E-state index in [2.05, 4.69) is 5.32 Å². The molecule has 0 heterocycles. The van der Waals surface area contributed by atoms with Crippen molar-refractivity contribution in [2.75, 3.05) is 6.54 Å². The summed E-state index contributed by atoms with van der Waals surface area (Å²) in [5.41, 5.74) is 1.06. The Morgan fingerprint density at radius 2 is 2.05 bits per heavy atom. The van der Waals surface area contributed by atoms with E-state index in [1.54, 1.807) is 6.07 Å². The van der Waals surface area contributed by atoms with Gasteiger partial charge in [0.15, 0.2) is 6.10 Å². The second-order valence-corrected chi connectivity index (χ2v) is 5.40. The molecule has 0 aliphatic heterocycles. The van der Waals surface area contributed by atoms with Crippen LogP contribution in [0.25, 0.3) is 0 Å². The number of ether oxygens (including phenoxy) is 1. The van der Waals surface area contributed by atoms with Crippen molar-refractivity contribution in [1.82, 2.24) is 5.32 Å². The first-order valence-corrected chi connectivity index (χ1v) is 7.71. The summed E-state index contributed by atoms with van der Waals surface area (Å²) >= 11 is 0. The molecule has 1 amide bonds. The van der Waals surface area contributed by atoms with E-state index in [0.717, 1.165) is 12.0 Å². The van der Waals surface area contributed by atoms with Gasteiger partial charge in [0, 0.05) is 6.54 Å². The number of nitrogens with one attached hydrogen (secondary N) is 1. The molecular weight excluding hydrogens is 282 g/mol. The van der Waals surface area contributed by atoms with Crippen LogP contribution in [0.15, 0.2) is 24.3 Å². The van der Waals surface area contributed by atoms with Gasteiger partial charge in [0.2, 0.25) is 0 Å². The molecular formula is C17H25NO4. The number of benzene rings is 1. The largest absolute Gasteiger partial charge is 0.481 e. The number of aryl methyl sites for hydroxylation is 1. The van der Waals surface area contributed by atoms with Gasteiger partial charge in [-0.1, -0.05) is 32.4 Å². The molecule has 0 aromatic heterocycles. The summed E-state index contributed by atoms with van der Waals surface area (Å²) in [6.45, 7) is 5.87. The van der Waals surface area contributed by atoms with Gasteiger partial charge < -0.3 is 15.2 Å². The highest BCUT2D eigenvalue weighted by molar-refractivity contribution is 5.81. The first-order chi connectivity index (χ1) is 10.5. The highest BCUT2D eigenvalue weighted by atomic mass is 16.5. The minimum absolute atomic E-state index is 0.135. The van der Waals surface area contributed by atoms with Crippen LogP contribution in [0.3, 0.4) is 0 Å². The summed E-state index contributed by atoms with van der Waals surface area (Å²) in [4.78, 5) is 23.3. The summed E-state index contributed by atoms with van der Waals surface area (Å²) in [6, 6.07) is 7.50. The maximum Gasteiger partial charge on any atom is 0.308 e. The molecule has 5 heteroatoms. The molecule has 0 aliphatic carbocycles. The Kier molecular flexibility index (Phi) is 7.43. The number of hydrogen-bond donors (Lipinski definition) is 2. The number of carboxylic acids is 1. The van der Waals surface area contributed by atoms with Gasteiger partial charge in [-0.15, -0.1) is 0 Å². The van der Waals surface area contributed by atoms with Crippen LogP contribution >= 0.6 is 0 Å². The molecule has 22 heavy (non-hydrogen) atoms. The zero-order valence-electron chi connectivity index (χ0n) is 13.5. The number of carbonyl (C=O) groups excluding carboxylic acids is 1. The molecule has 0 spiro atoms. The Morgan fingerprint density at radius 3 is 2.59 bits per heavy atom. The van der Waals surface area contributed by atoms with Gasteiger partial charge in [-0.3, -0.25) is 9.59 Å². The number of aliphatic carboxylic acids is 1. The number of amides is 1. The van der Waals surface area contributed by atoms with E-state index in [4.69, 9.17) is 9.84 Å². The Bertz CT molecular complexity index is 501. The fraction of sp³-hybridized carbons (Fsp3) is 0.529. The lowest BCUT2D eigenvalue weighted by molar-refractivity contribution is -0.142. The maximum absolute atomic E-state index is 12.2. The van der Waals surface area contributed by atoms with E-state index in [1.807, 2.05) is 39.0 Å². The molecule has 1 aromatic rings. The molecule has 0 saturated carbocycles. The van der Waals surface area contributed by atoms with Gasteiger partial charge >= 0.3 is 5.97 Å². The quantitative estimate of drug-likeness (QED) is 0.735. The highest BCUT2D eigenvalue weighted by Crippen LogP contribution is 2.15. The molecule has 1 aromatic carbocycles. The molecule has 0 bridgehead atoms. The normalized spacial score (nSPS) is 13.2. The first kappa shape index (κ1) is 18.0. The smallest absolute Gasteiger partial charge is 0.308 e. The SMILES string of the molecule is CCCC(CNC(=O)C(CC)Oc1cccc(C)c1)C(=O)O. The van der Waals surface area contributed by atoms with Gasteiger partial charge in [-0.05, 0) is 37.5 Å². The van der Waals surface area contributed by atoms with Crippen molar-refractivity contribution < 1.29 is 19.4 Å². The molecule has 122 valence electrons. The molecule has 5 nitrogen and oxygen atoms in total. The summed E-state index contributed by atoms with van der Waals surface area (Å²) in [5, 5.41) is 11.8. The van der Waals surface area contributed by atoms with Gasteiger partial charge in [0.05, 0.1) is 5.92 Å². The molecule has 0 aliphatic rings. The fourth-order valence-electron chi connectivity index (χ4n) is 2.17. The lowest BCUT2D eigenvalue weighted by Gasteiger charge is -2.19. The Labute approximate surface area is 131 Å². The van der Waals surface area contributed by atoms with Crippen LogP contribution < -0.4 is 10.1 Å². The topological polar surface area (TPSA) is 75.6 Å². The minimum atomic E-state index is -0.880. The average molecular weight is 307 g/mol. The molecule has 1 rings (SSSR count). The fourth-order valence-corrected chi connectivity index (χ4v) is 2.17. The Morgan fingerprint density at radius 1 is 1.32 bits per heavy atom. The van der Waals surface area contributed by atoms with E-state index in [0.29, 0.717) is 18.6 Å². The van der Waals surface area contributed by atoms with Crippen LogP contribution in [0, 0.1) is 12.8 Å². The summed E-state index contributed by atoms with van der Waals surface area (Å²) < 4.78 is 5.70. The van der Waals surface area contributed by atoms with Crippen LogP contribution in [0.1, 0.15) is 38.7 Å². The van der Waals surface area contributed by atoms with Crippen molar-refractivity contribution in [1.29, 1.82) is 0 Å².